The second kappa shape index (κ2) is 11.7. The fraction of sp³-hybridized carbons (Fsp3) is 0.361. The van der Waals surface area contributed by atoms with Gasteiger partial charge in [0.05, 0.1) is 33.1 Å². The number of hydrogen-bond donors (Lipinski definition) is 2. The van der Waals surface area contributed by atoms with Crippen LogP contribution in [-0.4, -0.2) is 92.4 Å². The largest absolute Gasteiger partial charge is 0.398 e. The molecule has 3 fully saturated rings. The van der Waals surface area contributed by atoms with Crippen molar-refractivity contribution in [3.05, 3.63) is 64.7 Å². The Balaban J connectivity index is 0.878. The number of piperidine rings is 1. The first kappa shape index (κ1) is 31.3. The Labute approximate surface area is 291 Å². The molecule has 262 valence electrons. The third kappa shape index (κ3) is 4.97. The van der Waals surface area contributed by atoms with Crippen LogP contribution in [0.25, 0.3) is 38.6 Å². The molecule has 0 saturated carbocycles. The summed E-state index contributed by atoms with van der Waals surface area (Å²) in [5.41, 5.74) is 11.4. The van der Waals surface area contributed by atoms with Gasteiger partial charge in [0.15, 0.2) is 5.82 Å². The molecule has 0 radical (unpaired) electrons. The van der Waals surface area contributed by atoms with Gasteiger partial charge in [0, 0.05) is 89.1 Å². The number of carbonyl (C=O) groups is 2. The van der Waals surface area contributed by atoms with E-state index < -0.39 is 6.03 Å². The van der Waals surface area contributed by atoms with E-state index in [1.165, 1.54) is 11.0 Å². The average Bonchev–Trinajstić information content (AvgIpc) is 3.59. The lowest BCUT2D eigenvalue weighted by molar-refractivity contribution is -0.120. The van der Waals surface area contributed by atoms with Crippen LogP contribution in [0.5, 0.6) is 0 Å². The molecule has 0 atom stereocenters. The highest BCUT2D eigenvalue weighted by molar-refractivity contribution is 6.09. The fourth-order valence-corrected chi connectivity index (χ4v) is 8.29. The van der Waals surface area contributed by atoms with Crippen LogP contribution in [0.3, 0.4) is 0 Å². The van der Waals surface area contributed by atoms with Crippen molar-refractivity contribution in [1.82, 2.24) is 33.9 Å². The van der Waals surface area contributed by atoms with E-state index in [0.29, 0.717) is 52.9 Å². The summed E-state index contributed by atoms with van der Waals surface area (Å²) in [6.07, 6.45) is 2.23. The van der Waals surface area contributed by atoms with Crippen LogP contribution in [-0.2, 0) is 18.9 Å². The van der Waals surface area contributed by atoms with E-state index in [1.807, 2.05) is 34.2 Å². The van der Waals surface area contributed by atoms with E-state index in [9.17, 15) is 14.4 Å². The zero-order valence-corrected chi connectivity index (χ0v) is 28.5. The zero-order chi connectivity index (χ0) is 35.1. The summed E-state index contributed by atoms with van der Waals surface area (Å²) >= 11 is 0. The first-order valence-electron chi connectivity index (χ1n) is 17.4. The predicted molar refractivity (Wildman–Crippen MR) is 195 cm³/mol. The van der Waals surface area contributed by atoms with E-state index >= 15 is 4.39 Å². The lowest BCUT2D eigenvalue weighted by Gasteiger charge is -2.43. The fourth-order valence-electron chi connectivity index (χ4n) is 8.29. The maximum absolute atomic E-state index is 15.7. The monoisotopic (exact) mass is 691 g/mol. The summed E-state index contributed by atoms with van der Waals surface area (Å²) in [5.74, 6) is 0.255. The Kier molecular flexibility index (Phi) is 7.17. The number of anilines is 4. The van der Waals surface area contributed by atoms with Crippen LogP contribution in [0, 0.1) is 5.82 Å². The van der Waals surface area contributed by atoms with Crippen molar-refractivity contribution in [2.24, 2.45) is 14.1 Å². The summed E-state index contributed by atoms with van der Waals surface area (Å²) in [6.45, 7) is 5.15. The van der Waals surface area contributed by atoms with Crippen molar-refractivity contribution in [2.45, 2.75) is 25.3 Å². The van der Waals surface area contributed by atoms with Crippen molar-refractivity contribution in [1.29, 1.82) is 0 Å². The number of urea groups is 1. The third-order valence-electron chi connectivity index (χ3n) is 11.0. The van der Waals surface area contributed by atoms with Crippen molar-refractivity contribution in [3.63, 3.8) is 0 Å². The number of halogens is 1. The lowest BCUT2D eigenvalue weighted by atomic mass is 10.0. The van der Waals surface area contributed by atoms with E-state index in [1.54, 1.807) is 17.8 Å². The number of nitrogens with zero attached hydrogens (tertiary/aromatic N) is 9. The number of nitrogens with two attached hydrogens (primary N) is 1. The minimum atomic E-state index is -0.541. The van der Waals surface area contributed by atoms with Gasteiger partial charge in [-0.1, -0.05) is 6.07 Å². The normalized spacial score (nSPS) is 18.2. The molecule has 6 heterocycles. The molecular formula is C36H38FN11O3. The van der Waals surface area contributed by atoms with E-state index in [2.05, 4.69) is 48.3 Å². The molecule has 3 saturated heterocycles. The van der Waals surface area contributed by atoms with Crippen LogP contribution in [0.2, 0.25) is 0 Å². The number of benzene rings is 3. The van der Waals surface area contributed by atoms with Gasteiger partial charge >= 0.3 is 6.03 Å². The number of imide groups is 1. The molecule has 9 rings (SSSR count). The molecule has 3 aromatic carbocycles. The first-order chi connectivity index (χ1) is 24.7. The molecule has 3 aromatic heterocycles. The van der Waals surface area contributed by atoms with Crippen LogP contribution in [0.15, 0.2) is 53.3 Å². The van der Waals surface area contributed by atoms with Gasteiger partial charge in [0.25, 0.3) is 5.56 Å². The van der Waals surface area contributed by atoms with Gasteiger partial charge < -0.3 is 20.1 Å². The topological polar surface area (TPSA) is 142 Å². The smallest absolute Gasteiger partial charge is 0.329 e. The Morgan fingerprint density at radius 1 is 0.843 bits per heavy atom. The Morgan fingerprint density at radius 3 is 2.39 bits per heavy atom. The number of imidazole rings is 1. The van der Waals surface area contributed by atoms with Crippen LogP contribution in [0.1, 0.15) is 19.3 Å². The van der Waals surface area contributed by atoms with Gasteiger partial charge in [-0.25, -0.2) is 9.18 Å². The van der Waals surface area contributed by atoms with Crippen molar-refractivity contribution in [2.75, 3.05) is 66.2 Å². The Hall–Kier alpha value is -5.70. The molecule has 0 spiro atoms. The summed E-state index contributed by atoms with van der Waals surface area (Å²) in [4.78, 5) is 49.8. The van der Waals surface area contributed by atoms with E-state index in [4.69, 9.17) is 5.73 Å². The number of nitrogens with one attached hydrogen (secondary N) is 1. The molecule has 3 aliphatic rings. The maximum atomic E-state index is 15.7. The number of aromatic nitrogens is 5. The molecule has 0 unspecified atom stereocenters. The summed E-state index contributed by atoms with van der Waals surface area (Å²) in [7, 11) is 3.72. The van der Waals surface area contributed by atoms with Gasteiger partial charge in [-0.3, -0.25) is 33.8 Å². The molecule has 15 heteroatoms. The van der Waals surface area contributed by atoms with Gasteiger partial charge in [-0.15, -0.1) is 0 Å². The summed E-state index contributed by atoms with van der Waals surface area (Å²) in [5, 5.41) is 7.81. The maximum Gasteiger partial charge on any atom is 0.329 e. The molecule has 0 aliphatic carbocycles. The standard InChI is InChI=1S/C36H38FN11O3/c1-42-30-18-22(6-7-26(30)48-27-5-3-4-25(38)32(27)34(50)40-35(42)48)44-11-8-21(9-12-44)45-14-16-46(17-15-45)29-20-28-23(19-24(29)37)33(41-43(28)2)47-13-10-31(49)39-36(47)51/h3-7,18-21H,8-17,38H2,1-2H3,(H,39,49,51). The lowest BCUT2D eigenvalue weighted by Crippen LogP contribution is -2.53. The Morgan fingerprint density at radius 2 is 1.63 bits per heavy atom. The molecule has 0 bridgehead atoms. The zero-order valence-electron chi connectivity index (χ0n) is 28.5. The summed E-state index contributed by atoms with van der Waals surface area (Å²) < 4.78 is 21.3. The average molecular weight is 692 g/mol. The molecule has 51 heavy (non-hydrogen) atoms. The third-order valence-corrected chi connectivity index (χ3v) is 11.0. The van der Waals surface area contributed by atoms with Gasteiger partial charge in [0.1, 0.15) is 5.82 Å². The number of rotatable bonds is 4. The number of carbonyl (C=O) groups excluding carboxylic acids is 2. The number of nitrogen functional groups attached to an aromatic ring is 1. The van der Waals surface area contributed by atoms with Crippen molar-refractivity contribution >= 4 is 73.4 Å². The highest BCUT2D eigenvalue weighted by Gasteiger charge is 2.31. The highest BCUT2D eigenvalue weighted by atomic mass is 19.1. The van der Waals surface area contributed by atoms with Crippen LogP contribution in [0.4, 0.5) is 32.1 Å². The molecule has 3 amide bonds. The SMILES string of the molecule is Cn1nc(N2CCC(=O)NC2=O)c2cc(F)c(N3CCN(C4CCN(c5ccc6c(c5)n(C)c5nc(=O)c7c(N)cccc7n65)CC4)CC3)cc21. The predicted octanol–water partition coefficient (Wildman–Crippen LogP) is 3.18. The van der Waals surface area contributed by atoms with Crippen LogP contribution < -0.4 is 31.3 Å². The number of fused-ring (bicyclic) bond motifs is 6. The molecular weight excluding hydrogens is 653 g/mol. The quantitative estimate of drug-likeness (QED) is 0.267. The van der Waals surface area contributed by atoms with Crippen molar-refractivity contribution < 1.29 is 14.0 Å². The summed E-state index contributed by atoms with van der Waals surface area (Å²) in [6, 6.07) is 15.1. The van der Waals surface area contributed by atoms with Gasteiger partial charge in [-0.05, 0) is 55.3 Å². The first-order valence-corrected chi connectivity index (χ1v) is 17.4. The second-order valence-electron chi connectivity index (χ2n) is 13.8. The van der Waals surface area contributed by atoms with E-state index in [0.717, 1.165) is 66.8 Å². The molecule has 6 aromatic rings. The van der Waals surface area contributed by atoms with Crippen molar-refractivity contribution in [3.8, 4) is 0 Å². The molecule has 3 N–H and O–H groups in total. The molecule has 3 aliphatic heterocycles. The van der Waals surface area contributed by atoms with E-state index in [-0.39, 0.29) is 30.2 Å². The number of hydrogen-bond acceptors (Lipinski definition) is 9. The number of piperazine rings is 1. The highest BCUT2D eigenvalue weighted by Crippen LogP contribution is 2.34. The number of aryl methyl sites for hydroxylation is 2. The molecule has 14 nitrogen and oxygen atoms in total. The Bertz CT molecular complexity index is 2470. The second-order valence-corrected chi connectivity index (χ2v) is 13.8. The van der Waals surface area contributed by atoms with Gasteiger partial charge in [0.2, 0.25) is 11.7 Å². The van der Waals surface area contributed by atoms with Crippen LogP contribution >= 0.6 is 0 Å². The van der Waals surface area contributed by atoms with Gasteiger partial charge in [-0.2, -0.15) is 10.1 Å². The number of amides is 3. The minimum Gasteiger partial charge on any atom is -0.398 e. The minimum absolute atomic E-state index is 0.172.